The Morgan fingerprint density at radius 3 is 2.76 bits per heavy atom. The van der Waals surface area contributed by atoms with Gasteiger partial charge in [0.25, 0.3) is 0 Å². The second-order valence-electron chi connectivity index (χ2n) is 6.58. The molecule has 1 aliphatic rings. The number of benzene rings is 2. The number of nitrogens with one attached hydrogen (secondary N) is 1. The van der Waals surface area contributed by atoms with Crippen molar-refractivity contribution in [3.8, 4) is 5.75 Å². The van der Waals surface area contributed by atoms with Gasteiger partial charge in [0.05, 0.1) is 23.7 Å². The van der Waals surface area contributed by atoms with Gasteiger partial charge in [-0.1, -0.05) is 11.6 Å². The van der Waals surface area contributed by atoms with Crippen molar-refractivity contribution in [2.45, 2.75) is 19.3 Å². The summed E-state index contributed by atoms with van der Waals surface area (Å²) in [5.74, 6) is -0.471. The summed E-state index contributed by atoms with van der Waals surface area (Å²) in [5.41, 5.74) is 0.0641. The van der Waals surface area contributed by atoms with E-state index in [0.29, 0.717) is 16.9 Å². The van der Waals surface area contributed by atoms with Crippen LogP contribution in [0, 0.1) is 5.82 Å². The van der Waals surface area contributed by atoms with Crippen molar-refractivity contribution in [1.29, 1.82) is 0 Å². The Kier molecular flexibility index (Phi) is 6.30. The number of hydrogen-bond donors (Lipinski definition) is 1. The first kappa shape index (κ1) is 21.4. The number of amides is 1. The summed E-state index contributed by atoms with van der Waals surface area (Å²) in [6.07, 6.45) is -4.63. The van der Waals surface area contributed by atoms with E-state index in [1.54, 1.807) is 11.9 Å². The van der Waals surface area contributed by atoms with E-state index >= 15 is 0 Å². The van der Waals surface area contributed by atoms with Crippen molar-refractivity contribution < 1.29 is 31.8 Å². The molecule has 2 aromatic carbocycles. The fourth-order valence-corrected chi connectivity index (χ4v) is 3.21. The molecule has 0 aliphatic carbocycles. The number of carbonyl (C=O) groups excluding carboxylic acids is 1. The summed E-state index contributed by atoms with van der Waals surface area (Å²) in [6, 6.07) is 5.77. The minimum absolute atomic E-state index is 0.0243. The molecule has 0 unspecified atom stereocenters. The van der Waals surface area contributed by atoms with Crippen molar-refractivity contribution in [3.63, 3.8) is 0 Å². The van der Waals surface area contributed by atoms with E-state index in [2.05, 4.69) is 5.32 Å². The summed E-state index contributed by atoms with van der Waals surface area (Å²) >= 11 is 5.57. The third kappa shape index (κ3) is 5.37. The van der Waals surface area contributed by atoms with E-state index < -0.39 is 28.5 Å². The number of hydrogen-bond acceptors (Lipinski definition) is 4. The van der Waals surface area contributed by atoms with Crippen molar-refractivity contribution in [2.75, 3.05) is 25.7 Å². The molecule has 0 aromatic heterocycles. The summed E-state index contributed by atoms with van der Waals surface area (Å²) in [6.45, 7) is 0.337. The van der Waals surface area contributed by atoms with Crippen LogP contribution in [-0.4, -0.2) is 31.2 Å². The van der Waals surface area contributed by atoms with Gasteiger partial charge in [-0.2, -0.15) is 13.2 Å². The largest absolute Gasteiger partial charge is 0.467 e. The molecule has 0 saturated carbocycles. The molecule has 3 rings (SSSR count). The number of halogens is 5. The average Bonchev–Trinajstić information content (AvgIpc) is 2.62. The molecule has 0 saturated heterocycles. The molecule has 0 bridgehead atoms. The SMILES string of the molecule is CN(CC(=O)Nc1ccc(Cl)c(C(F)(F)F)c1)Cc1cc(F)cc2c1OCOC2. The molecule has 156 valence electrons. The van der Waals surface area contributed by atoms with E-state index in [1.165, 1.54) is 18.2 Å². The summed E-state index contributed by atoms with van der Waals surface area (Å²) in [5, 5.41) is 1.96. The van der Waals surface area contributed by atoms with Crippen LogP contribution >= 0.6 is 11.6 Å². The molecular weight excluding hydrogens is 416 g/mol. The van der Waals surface area contributed by atoms with E-state index in [-0.39, 0.29) is 32.2 Å². The predicted molar refractivity (Wildman–Crippen MR) is 98.1 cm³/mol. The lowest BCUT2D eigenvalue weighted by Gasteiger charge is -2.23. The van der Waals surface area contributed by atoms with Gasteiger partial charge in [-0.25, -0.2) is 4.39 Å². The lowest BCUT2D eigenvalue weighted by molar-refractivity contribution is -0.137. The van der Waals surface area contributed by atoms with E-state index in [1.807, 2.05) is 0 Å². The summed E-state index contributed by atoms with van der Waals surface area (Å²) in [4.78, 5) is 13.8. The van der Waals surface area contributed by atoms with Crippen LogP contribution in [0.5, 0.6) is 5.75 Å². The van der Waals surface area contributed by atoms with Crippen LogP contribution < -0.4 is 10.1 Å². The number of rotatable bonds is 5. The molecule has 0 radical (unpaired) electrons. The summed E-state index contributed by atoms with van der Waals surface area (Å²) in [7, 11) is 1.62. The summed E-state index contributed by atoms with van der Waals surface area (Å²) < 4.78 is 63.2. The van der Waals surface area contributed by atoms with Gasteiger partial charge in [0.2, 0.25) is 5.91 Å². The van der Waals surface area contributed by atoms with Crippen LogP contribution in [0.3, 0.4) is 0 Å². The quantitative estimate of drug-likeness (QED) is 0.710. The third-order valence-corrected chi connectivity index (χ3v) is 4.49. The Bertz CT molecular complexity index is 921. The zero-order chi connectivity index (χ0) is 21.2. The van der Waals surface area contributed by atoms with E-state index in [0.717, 1.165) is 12.1 Å². The number of ether oxygens (including phenoxy) is 2. The number of fused-ring (bicyclic) bond motifs is 1. The topological polar surface area (TPSA) is 50.8 Å². The maximum Gasteiger partial charge on any atom is 0.417 e. The van der Waals surface area contributed by atoms with Gasteiger partial charge in [-0.3, -0.25) is 9.69 Å². The highest BCUT2D eigenvalue weighted by Crippen LogP contribution is 2.36. The highest BCUT2D eigenvalue weighted by Gasteiger charge is 2.33. The molecule has 0 atom stereocenters. The van der Waals surface area contributed by atoms with Crippen LogP contribution in [0.4, 0.5) is 23.2 Å². The highest BCUT2D eigenvalue weighted by molar-refractivity contribution is 6.31. The number of carbonyl (C=O) groups is 1. The second-order valence-corrected chi connectivity index (χ2v) is 6.98. The Morgan fingerprint density at radius 1 is 1.28 bits per heavy atom. The minimum atomic E-state index is -4.63. The Labute approximate surface area is 169 Å². The van der Waals surface area contributed by atoms with Gasteiger partial charge in [-0.05, 0) is 37.4 Å². The fraction of sp³-hybridized carbons (Fsp3) is 0.316. The molecular formula is C19H17ClF4N2O3. The number of alkyl halides is 3. The average molecular weight is 433 g/mol. The van der Waals surface area contributed by atoms with Crippen molar-refractivity contribution in [1.82, 2.24) is 4.90 Å². The molecule has 1 heterocycles. The van der Waals surface area contributed by atoms with Gasteiger partial charge < -0.3 is 14.8 Å². The Hall–Kier alpha value is -2.36. The molecule has 10 heteroatoms. The molecule has 1 aliphatic heterocycles. The van der Waals surface area contributed by atoms with Crippen molar-refractivity contribution >= 4 is 23.2 Å². The Balaban J connectivity index is 1.66. The van der Waals surface area contributed by atoms with Gasteiger partial charge in [0, 0.05) is 23.4 Å². The van der Waals surface area contributed by atoms with E-state index in [4.69, 9.17) is 21.1 Å². The minimum Gasteiger partial charge on any atom is -0.467 e. The zero-order valence-electron chi connectivity index (χ0n) is 15.3. The second kappa shape index (κ2) is 8.56. The van der Waals surface area contributed by atoms with Crippen LogP contribution in [-0.2, 0) is 28.9 Å². The normalized spacial score (nSPS) is 13.8. The first-order valence-corrected chi connectivity index (χ1v) is 8.88. The van der Waals surface area contributed by atoms with Crippen molar-refractivity contribution in [2.24, 2.45) is 0 Å². The van der Waals surface area contributed by atoms with Crippen LogP contribution in [0.15, 0.2) is 30.3 Å². The third-order valence-electron chi connectivity index (χ3n) is 4.16. The van der Waals surface area contributed by atoms with Gasteiger partial charge in [0.1, 0.15) is 11.6 Å². The first-order valence-electron chi connectivity index (χ1n) is 8.50. The van der Waals surface area contributed by atoms with Crippen molar-refractivity contribution in [3.05, 3.63) is 57.9 Å². The molecule has 5 nitrogen and oxygen atoms in total. The molecule has 1 N–H and O–H groups in total. The molecule has 0 fully saturated rings. The lowest BCUT2D eigenvalue weighted by atomic mass is 10.1. The van der Waals surface area contributed by atoms with Gasteiger partial charge in [0.15, 0.2) is 6.79 Å². The number of likely N-dealkylation sites (N-methyl/N-ethyl adjacent to an activating group) is 1. The Morgan fingerprint density at radius 2 is 2.03 bits per heavy atom. The smallest absolute Gasteiger partial charge is 0.417 e. The highest BCUT2D eigenvalue weighted by atomic mass is 35.5. The van der Waals surface area contributed by atoms with Crippen LogP contribution in [0.2, 0.25) is 5.02 Å². The predicted octanol–water partition coefficient (Wildman–Crippen LogP) is 4.43. The molecule has 2 aromatic rings. The standard InChI is InChI=1S/C19H17ClF4N2O3/c1-26(7-11-4-13(21)5-12-9-28-10-29-18(11)12)8-17(27)25-14-2-3-16(20)15(6-14)19(22,23)24/h2-6H,7-10H2,1H3,(H,25,27). The number of anilines is 1. The lowest BCUT2D eigenvalue weighted by Crippen LogP contribution is -2.30. The first-order chi connectivity index (χ1) is 13.6. The molecule has 0 spiro atoms. The van der Waals surface area contributed by atoms with Gasteiger partial charge >= 0.3 is 6.18 Å². The fourth-order valence-electron chi connectivity index (χ4n) is 2.99. The van der Waals surface area contributed by atoms with Crippen LogP contribution in [0.1, 0.15) is 16.7 Å². The monoisotopic (exact) mass is 432 g/mol. The van der Waals surface area contributed by atoms with Crippen LogP contribution in [0.25, 0.3) is 0 Å². The van der Waals surface area contributed by atoms with E-state index in [9.17, 15) is 22.4 Å². The maximum atomic E-state index is 13.8. The number of nitrogens with zero attached hydrogens (tertiary/aromatic N) is 1. The molecule has 1 amide bonds. The molecule has 29 heavy (non-hydrogen) atoms. The van der Waals surface area contributed by atoms with Gasteiger partial charge in [-0.15, -0.1) is 0 Å². The maximum absolute atomic E-state index is 13.8. The zero-order valence-corrected chi connectivity index (χ0v) is 16.0.